The van der Waals surface area contributed by atoms with Gasteiger partial charge < -0.3 is 5.73 Å². The Morgan fingerprint density at radius 2 is 1.56 bits per heavy atom. The molecule has 0 heterocycles. The van der Waals surface area contributed by atoms with Crippen molar-refractivity contribution >= 4 is 10.8 Å². The van der Waals surface area contributed by atoms with E-state index in [0.29, 0.717) is 11.2 Å². The van der Waals surface area contributed by atoms with Gasteiger partial charge >= 0.3 is 0 Å². The number of rotatable bonds is 4. The molecule has 3 heteroatoms. The van der Waals surface area contributed by atoms with Crippen LogP contribution in [0.1, 0.15) is 57.8 Å². The van der Waals surface area contributed by atoms with Gasteiger partial charge in [-0.25, -0.2) is 0 Å². The Morgan fingerprint density at radius 3 is 2.19 bits per heavy atom. The highest BCUT2D eigenvalue weighted by Gasteiger charge is 2.26. The van der Waals surface area contributed by atoms with Crippen LogP contribution < -0.4 is 5.73 Å². The first kappa shape index (κ1) is 12.6. The van der Waals surface area contributed by atoms with Gasteiger partial charge in [-0.2, -0.15) is 0 Å². The van der Waals surface area contributed by atoms with Crippen LogP contribution in [0.5, 0.6) is 0 Å². The molecular formula is C13H25NOS. The molecule has 0 spiro atoms. The molecule has 0 amide bonds. The van der Waals surface area contributed by atoms with Crippen molar-refractivity contribution in [3.8, 4) is 0 Å². The highest BCUT2D eigenvalue weighted by atomic mass is 32.2. The van der Waals surface area contributed by atoms with Crippen molar-refractivity contribution in [2.75, 3.05) is 5.75 Å². The minimum atomic E-state index is -0.658. The first-order valence-corrected chi connectivity index (χ1v) is 8.28. The van der Waals surface area contributed by atoms with Crippen LogP contribution in [0.2, 0.25) is 0 Å². The van der Waals surface area contributed by atoms with Crippen LogP contribution in [-0.2, 0) is 10.8 Å². The fraction of sp³-hybridized carbons (Fsp3) is 1.00. The number of hydrogen-bond acceptors (Lipinski definition) is 2. The zero-order valence-electron chi connectivity index (χ0n) is 10.2. The fourth-order valence-electron chi connectivity index (χ4n) is 3.18. The highest BCUT2D eigenvalue weighted by molar-refractivity contribution is 7.85. The molecule has 2 nitrogen and oxygen atoms in total. The molecule has 0 bridgehead atoms. The van der Waals surface area contributed by atoms with Gasteiger partial charge in [-0.1, -0.05) is 32.1 Å². The second-order valence-electron chi connectivity index (χ2n) is 5.52. The molecule has 2 unspecified atom stereocenters. The van der Waals surface area contributed by atoms with Crippen LogP contribution in [0.25, 0.3) is 0 Å². The molecule has 2 N–H and O–H groups in total. The Morgan fingerprint density at radius 1 is 1.00 bits per heavy atom. The van der Waals surface area contributed by atoms with Gasteiger partial charge in [-0.3, -0.25) is 4.21 Å². The van der Waals surface area contributed by atoms with Crippen LogP contribution in [-0.4, -0.2) is 21.3 Å². The van der Waals surface area contributed by atoms with Gasteiger partial charge in [0.2, 0.25) is 0 Å². The van der Waals surface area contributed by atoms with Crippen molar-refractivity contribution in [1.29, 1.82) is 0 Å². The van der Waals surface area contributed by atoms with Crippen molar-refractivity contribution in [3.05, 3.63) is 0 Å². The summed E-state index contributed by atoms with van der Waals surface area (Å²) in [4.78, 5) is 0. The fourth-order valence-corrected chi connectivity index (χ4v) is 4.96. The van der Waals surface area contributed by atoms with Gasteiger partial charge in [0.25, 0.3) is 0 Å². The summed E-state index contributed by atoms with van der Waals surface area (Å²) in [5, 5.41) is 0.459. The van der Waals surface area contributed by atoms with Crippen molar-refractivity contribution in [2.24, 2.45) is 11.7 Å². The summed E-state index contributed by atoms with van der Waals surface area (Å²) in [6, 6.07) is 0.199. The van der Waals surface area contributed by atoms with Crippen LogP contribution in [0.15, 0.2) is 0 Å². The van der Waals surface area contributed by atoms with Crippen LogP contribution >= 0.6 is 0 Å². The number of hydrogen-bond donors (Lipinski definition) is 1. The third kappa shape index (κ3) is 3.30. The third-order valence-corrected chi connectivity index (χ3v) is 6.21. The molecule has 2 fully saturated rings. The maximum Gasteiger partial charge on any atom is 0.0392 e. The summed E-state index contributed by atoms with van der Waals surface area (Å²) in [7, 11) is -0.658. The lowest BCUT2D eigenvalue weighted by Crippen LogP contribution is -2.37. The second kappa shape index (κ2) is 6.15. The zero-order valence-corrected chi connectivity index (χ0v) is 11.0. The Kier molecular flexibility index (Phi) is 4.83. The minimum Gasteiger partial charge on any atom is -0.327 e. The quantitative estimate of drug-likeness (QED) is 0.824. The van der Waals surface area contributed by atoms with Crippen molar-refractivity contribution in [3.63, 3.8) is 0 Å². The molecule has 2 rings (SSSR count). The minimum absolute atomic E-state index is 0.199. The van der Waals surface area contributed by atoms with Crippen molar-refractivity contribution in [1.82, 2.24) is 0 Å². The van der Waals surface area contributed by atoms with Gasteiger partial charge in [0.15, 0.2) is 0 Å². The average Bonchev–Trinajstić information content (AvgIpc) is 2.83. The van der Waals surface area contributed by atoms with Gasteiger partial charge in [0.1, 0.15) is 0 Å². The van der Waals surface area contributed by atoms with E-state index in [-0.39, 0.29) is 6.04 Å². The summed E-state index contributed by atoms with van der Waals surface area (Å²) >= 11 is 0. The third-order valence-electron chi connectivity index (χ3n) is 4.29. The van der Waals surface area contributed by atoms with E-state index < -0.39 is 10.8 Å². The van der Waals surface area contributed by atoms with Gasteiger partial charge in [0.05, 0.1) is 0 Å². The van der Waals surface area contributed by atoms with E-state index in [9.17, 15) is 4.21 Å². The number of nitrogens with two attached hydrogens (primary N) is 1. The standard InChI is InChI=1S/C13H25NOS/c14-13(11-6-4-5-7-11)10-16(15)12-8-2-1-3-9-12/h11-13H,1-10,14H2. The summed E-state index contributed by atoms with van der Waals surface area (Å²) in [5.74, 6) is 1.42. The smallest absolute Gasteiger partial charge is 0.0392 e. The van der Waals surface area contributed by atoms with Crippen molar-refractivity contribution in [2.45, 2.75) is 69.1 Å². The van der Waals surface area contributed by atoms with E-state index in [1.165, 1.54) is 57.8 Å². The van der Waals surface area contributed by atoms with Gasteiger partial charge in [-0.15, -0.1) is 0 Å². The molecule has 94 valence electrons. The van der Waals surface area contributed by atoms with Gasteiger partial charge in [0, 0.05) is 27.8 Å². The molecule has 16 heavy (non-hydrogen) atoms. The molecule has 2 aliphatic carbocycles. The summed E-state index contributed by atoms with van der Waals surface area (Å²) < 4.78 is 12.2. The van der Waals surface area contributed by atoms with E-state index in [1.807, 2.05) is 0 Å². The van der Waals surface area contributed by atoms with E-state index in [4.69, 9.17) is 5.73 Å². The summed E-state index contributed by atoms with van der Waals surface area (Å²) in [6.45, 7) is 0. The maximum atomic E-state index is 12.2. The molecule has 2 atom stereocenters. The maximum absolute atomic E-state index is 12.2. The molecule has 0 aliphatic heterocycles. The molecular weight excluding hydrogens is 218 g/mol. The van der Waals surface area contributed by atoms with Crippen LogP contribution in [0, 0.1) is 5.92 Å². The molecule has 0 radical (unpaired) electrons. The second-order valence-corrected chi connectivity index (χ2v) is 7.28. The monoisotopic (exact) mass is 243 g/mol. The first-order chi connectivity index (χ1) is 7.77. The molecule has 0 aromatic rings. The summed E-state index contributed by atoms with van der Waals surface area (Å²) in [5.41, 5.74) is 6.19. The summed E-state index contributed by atoms with van der Waals surface area (Å²) in [6.07, 6.45) is 11.4. The Balaban J connectivity index is 1.76. The van der Waals surface area contributed by atoms with Crippen molar-refractivity contribution < 1.29 is 4.21 Å². The largest absolute Gasteiger partial charge is 0.327 e. The van der Waals surface area contributed by atoms with E-state index in [0.717, 1.165) is 5.75 Å². The molecule has 2 saturated carbocycles. The first-order valence-electron chi connectivity index (χ1n) is 6.90. The highest BCUT2D eigenvalue weighted by Crippen LogP contribution is 2.28. The average molecular weight is 243 g/mol. The lowest BCUT2D eigenvalue weighted by atomic mass is 10.0. The van der Waals surface area contributed by atoms with E-state index >= 15 is 0 Å². The predicted octanol–water partition coefficient (Wildman–Crippen LogP) is 2.59. The Bertz CT molecular complexity index is 232. The molecule has 2 aliphatic rings. The lowest BCUT2D eigenvalue weighted by molar-refractivity contribution is 0.455. The van der Waals surface area contributed by atoms with E-state index in [2.05, 4.69) is 0 Å². The van der Waals surface area contributed by atoms with Gasteiger partial charge in [-0.05, 0) is 31.6 Å². The molecule has 0 aromatic carbocycles. The van der Waals surface area contributed by atoms with E-state index in [1.54, 1.807) is 0 Å². The van der Waals surface area contributed by atoms with Crippen LogP contribution in [0.4, 0.5) is 0 Å². The Hall–Kier alpha value is 0.110. The predicted molar refractivity (Wildman–Crippen MR) is 69.8 cm³/mol. The Labute approximate surface area is 102 Å². The topological polar surface area (TPSA) is 43.1 Å². The zero-order chi connectivity index (χ0) is 11.4. The lowest BCUT2D eigenvalue weighted by Gasteiger charge is -2.24. The molecule has 0 saturated heterocycles. The SMILES string of the molecule is NC(CS(=O)C1CCCCC1)C1CCCC1. The van der Waals surface area contributed by atoms with Crippen LogP contribution in [0.3, 0.4) is 0 Å². The molecule has 0 aromatic heterocycles. The normalized spacial score (nSPS) is 28.1.